The number of hydrogen-bond donors (Lipinski definition) is 1. The summed E-state index contributed by atoms with van der Waals surface area (Å²) < 4.78 is 7.75. The van der Waals surface area contributed by atoms with Gasteiger partial charge in [0.1, 0.15) is 24.2 Å². The predicted octanol–water partition coefficient (Wildman–Crippen LogP) is 4.94. The van der Waals surface area contributed by atoms with Gasteiger partial charge in [0.25, 0.3) is 5.91 Å². The third-order valence-corrected chi connectivity index (χ3v) is 5.10. The van der Waals surface area contributed by atoms with Gasteiger partial charge < -0.3 is 10.1 Å². The van der Waals surface area contributed by atoms with Crippen LogP contribution in [-0.2, 0) is 0 Å². The molecule has 2 heterocycles. The zero-order chi connectivity index (χ0) is 22.0. The standard InChI is InChI=1S/C24H23N5O2/c1-15-5-6-16(2)21(11-15)24(30)28-19-7-9-20(10-8-19)31-23-12-22(25-13-26-23)29-14-27-17(3)18(29)4/h5-14H,1-4H3,(H,28,30). The third-order valence-electron chi connectivity index (χ3n) is 5.10. The highest BCUT2D eigenvalue weighted by Crippen LogP contribution is 2.23. The fourth-order valence-corrected chi connectivity index (χ4v) is 3.15. The number of nitrogens with one attached hydrogen (secondary N) is 1. The van der Waals surface area contributed by atoms with Gasteiger partial charge in [-0.05, 0) is 63.6 Å². The molecule has 156 valence electrons. The topological polar surface area (TPSA) is 81.9 Å². The van der Waals surface area contributed by atoms with E-state index in [2.05, 4.69) is 20.3 Å². The second-order valence-electron chi connectivity index (χ2n) is 7.40. The lowest BCUT2D eigenvalue weighted by Gasteiger charge is -2.10. The molecular weight excluding hydrogens is 390 g/mol. The lowest BCUT2D eigenvalue weighted by Crippen LogP contribution is -2.13. The summed E-state index contributed by atoms with van der Waals surface area (Å²) in [7, 11) is 0. The molecule has 0 spiro atoms. The maximum Gasteiger partial charge on any atom is 0.255 e. The molecule has 4 rings (SSSR count). The van der Waals surface area contributed by atoms with Crippen molar-refractivity contribution in [2.75, 3.05) is 5.32 Å². The molecule has 2 aromatic carbocycles. The molecular formula is C24H23N5O2. The van der Waals surface area contributed by atoms with Crippen LogP contribution in [0, 0.1) is 27.7 Å². The first kappa shape index (κ1) is 20.3. The summed E-state index contributed by atoms with van der Waals surface area (Å²) in [6.45, 7) is 7.82. The van der Waals surface area contributed by atoms with E-state index in [9.17, 15) is 4.79 Å². The van der Waals surface area contributed by atoms with E-state index >= 15 is 0 Å². The average molecular weight is 413 g/mol. The molecule has 0 atom stereocenters. The van der Waals surface area contributed by atoms with Crippen molar-refractivity contribution >= 4 is 11.6 Å². The van der Waals surface area contributed by atoms with Crippen LogP contribution < -0.4 is 10.1 Å². The summed E-state index contributed by atoms with van der Waals surface area (Å²) in [6.07, 6.45) is 3.18. The number of ether oxygens (including phenoxy) is 1. The molecule has 1 N–H and O–H groups in total. The highest BCUT2D eigenvalue weighted by Gasteiger charge is 2.11. The highest BCUT2D eigenvalue weighted by atomic mass is 16.5. The van der Waals surface area contributed by atoms with Crippen molar-refractivity contribution in [3.05, 3.63) is 89.3 Å². The van der Waals surface area contributed by atoms with Crippen LogP contribution >= 0.6 is 0 Å². The molecule has 2 aromatic heterocycles. The molecule has 1 amide bonds. The number of anilines is 1. The minimum absolute atomic E-state index is 0.138. The first-order chi connectivity index (χ1) is 14.9. The summed E-state index contributed by atoms with van der Waals surface area (Å²) in [6, 6.07) is 14.7. The van der Waals surface area contributed by atoms with Crippen LogP contribution in [0.3, 0.4) is 0 Å². The van der Waals surface area contributed by atoms with Crippen molar-refractivity contribution in [2.24, 2.45) is 0 Å². The molecule has 0 fully saturated rings. The van der Waals surface area contributed by atoms with Crippen LogP contribution in [0.25, 0.3) is 5.82 Å². The summed E-state index contributed by atoms with van der Waals surface area (Å²) in [5, 5.41) is 2.93. The number of carbonyl (C=O) groups is 1. The lowest BCUT2D eigenvalue weighted by atomic mass is 10.1. The summed E-state index contributed by atoms with van der Waals surface area (Å²) in [4.78, 5) is 25.4. The fraction of sp³-hybridized carbons (Fsp3) is 0.167. The number of amides is 1. The van der Waals surface area contributed by atoms with E-state index in [-0.39, 0.29) is 5.91 Å². The largest absolute Gasteiger partial charge is 0.439 e. The van der Waals surface area contributed by atoms with Crippen molar-refractivity contribution in [3.63, 3.8) is 0 Å². The zero-order valence-corrected chi connectivity index (χ0v) is 17.9. The van der Waals surface area contributed by atoms with Gasteiger partial charge >= 0.3 is 0 Å². The Hall–Kier alpha value is -4.00. The Balaban J connectivity index is 1.47. The van der Waals surface area contributed by atoms with Gasteiger partial charge in [-0.1, -0.05) is 17.7 Å². The Morgan fingerprint density at radius 3 is 2.42 bits per heavy atom. The molecule has 7 heteroatoms. The maximum absolute atomic E-state index is 12.6. The van der Waals surface area contributed by atoms with E-state index in [1.807, 2.05) is 50.5 Å². The van der Waals surface area contributed by atoms with E-state index in [4.69, 9.17) is 4.74 Å². The molecule has 31 heavy (non-hydrogen) atoms. The molecule has 4 aromatic rings. The maximum atomic E-state index is 12.6. The van der Waals surface area contributed by atoms with Gasteiger partial charge in [0.05, 0.1) is 5.69 Å². The lowest BCUT2D eigenvalue weighted by molar-refractivity contribution is 0.102. The summed E-state index contributed by atoms with van der Waals surface area (Å²) in [5.74, 6) is 1.57. The van der Waals surface area contributed by atoms with Gasteiger partial charge in [-0.3, -0.25) is 9.36 Å². The highest BCUT2D eigenvalue weighted by molar-refractivity contribution is 6.05. The van der Waals surface area contributed by atoms with Gasteiger partial charge in [0, 0.05) is 23.0 Å². The van der Waals surface area contributed by atoms with Crippen LogP contribution in [0.1, 0.15) is 32.9 Å². The monoisotopic (exact) mass is 413 g/mol. The average Bonchev–Trinajstić information content (AvgIpc) is 3.10. The molecule has 0 radical (unpaired) electrons. The third kappa shape index (κ3) is 4.45. The van der Waals surface area contributed by atoms with E-state index < -0.39 is 0 Å². The van der Waals surface area contributed by atoms with Gasteiger partial charge in [-0.15, -0.1) is 0 Å². The Labute approximate surface area is 180 Å². The molecule has 0 aliphatic rings. The van der Waals surface area contributed by atoms with Crippen molar-refractivity contribution < 1.29 is 9.53 Å². The minimum atomic E-state index is -0.138. The van der Waals surface area contributed by atoms with Crippen LogP contribution in [0.2, 0.25) is 0 Å². The van der Waals surface area contributed by atoms with Crippen molar-refractivity contribution in [2.45, 2.75) is 27.7 Å². The van der Waals surface area contributed by atoms with Crippen molar-refractivity contribution in [1.29, 1.82) is 0 Å². The number of hydrogen-bond acceptors (Lipinski definition) is 5. The molecule has 0 unspecified atom stereocenters. The van der Waals surface area contributed by atoms with E-state index in [0.29, 0.717) is 28.7 Å². The van der Waals surface area contributed by atoms with Crippen molar-refractivity contribution in [3.8, 4) is 17.4 Å². The second kappa shape index (κ2) is 8.39. The van der Waals surface area contributed by atoms with Crippen LogP contribution in [0.15, 0.2) is 61.2 Å². The predicted molar refractivity (Wildman–Crippen MR) is 119 cm³/mol. The molecule has 0 saturated heterocycles. The number of aryl methyl sites for hydroxylation is 3. The summed E-state index contributed by atoms with van der Waals surface area (Å²) in [5.41, 5.74) is 5.29. The SMILES string of the molecule is Cc1ccc(C)c(C(=O)Nc2ccc(Oc3cc(-n4cnc(C)c4C)ncn3)cc2)c1. The van der Waals surface area contributed by atoms with Crippen LogP contribution in [0.5, 0.6) is 11.6 Å². The quantitative estimate of drug-likeness (QED) is 0.501. The Kier molecular flexibility index (Phi) is 5.49. The van der Waals surface area contributed by atoms with E-state index in [1.54, 1.807) is 36.7 Å². The normalized spacial score (nSPS) is 10.7. The van der Waals surface area contributed by atoms with E-state index in [0.717, 1.165) is 22.5 Å². The van der Waals surface area contributed by atoms with Gasteiger partial charge in [0.2, 0.25) is 5.88 Å². The summed E-state index contributed by atoms with van der Waals surface area (Å²) >= 11 is 0. The number of rotatable bonds is 5. The van der Waals surface area contributed by atoms with Crippen molar-refractivity contribution in [1.82, 2.24) is 19.5 Å². The van der Waals surface area contributed by atoms with Crippen LogP contribution in [0.4, 0.5) is 5.69 Å². The smallest absolute Gasteiger partial charge is 0.255 e. The number of carbonyl (C=O) groups excluding carboxylic acids is 1. The van der Waals surface area contributed by atoms with Gasteiger partial charge in [-0.2, -0.15) is 0 Å². The number of aromatic nitrogens is 4. The molecule has 0 aliphatic heterocycles. The number of benzene rings is 2. The minimum Gasteiger partial charge on any atom is -0.439 e. The first-order valence-corrected chi connectivity index (χ1v) is 9.90. The Bertz CT molecular complexity index is 1250. The zero-order valence-electron chi connectivity index (χ0n) is 17.9. The first-order valence-electron chi connectivity index (χ1n) is 9.90. The Morgan fingerprint density at radius 2 is 1.71 bits per heavy atom. The number of nitrogens with zero attached hydrogens (tertiary/aromatic N) is 4. The Morgan fingerprint density at radius 1 is 0.935 bits per heavy atom. The van der Waals surface area contributed by atoms with E-state index in [1.165, 1.54) is 6.33 Å². The fourth-order valence-electron chi connectivity index (χ4n) is 3.15. The molecule has 0 saturated carbocycles. The molecule has 0 bridgehead atoms. The van der Waals surface area contributed by atoms with Gasteiger partial charge in [-0.25, -0.2) is 15.0 Å². The molecule has 0 aliphatic carbocycles. The second-order valence-corrected chi connectivity index (χ2v) is 7.40. The molecule has 7 nitrogen and oxygen atoms in total. The van der Waals surface area contributed by atoms with Crippen LogP contribution in [-0.4, -0.2) is 25.4 Å². The number of imidazole rings is 1. The van der Waals surface area contributed by atoms with Gasteiger partial charge in [0.15, 0.2) is 0 Å².